The zero-order valence-electron chi connectivity index (χ0n) is 14.7. The SMILES string of the molecule is COc1ccc(C(=O)NCC(=O)N[C@H](C)c2cccc(Cl)c2)cc1[N+](=O)[O-]. The Balaban J connectivity index is 1.96. The number of hydrogen-bond donors (Lipinski definition) is 2. The van der Waals surface area contributed by atoms with Crippen molar-refractivity contribution in [2.24, 2.45) is 0 Å². The van der Waals surface area contributed by atoms with E-state index in [1.807, 2.05) is 6.07 Å². The van der Waals surface area contributed by atoms with E-state index in [9.17, 15) is 19.7 Å². The van der Waals surface area contributed by atoms with Gasteiger partial charge in [0.15, 0.2) is 5.75 Å². The van der Waals surface area contributed by atoms with Crippen LogP contribution in [0.25, 0.3) is 0 Å². The summed E-state index contributed by atoms with van der Waals surface area (Å²) in [6.07, 6.45) is 0. The van der Waals surface area contributed by atoms with Crippen LogP contribution in [-0.4, -0.2) is 30.4 Å². The van der Waals surface area contributed by atoms with Crippen LogP contribution < -0.4 is 15.4 Å². The largest absolute Gasteiger partial charge is 0.490 e. The van der Waals surface area contributed by atoms with E-state index in [1.165, 1.54) is 19.2 Å². The molecule has 0 aromatic heterocycles. The van der Waals surface area contributed by atoms with E-state index in [4.69, 9.17) is 16.3 Å². The molecule has 9 heteroatoms. The summed E-state index contributed by atoms with van der Waals surface area (Å²) < 4.78 is 4.89. The molecule has 2 N–H and O–H groups in total. The third-order valence-corrected chi connectivity index (χ3v) is 4.01. The van der Waals surface area contributed by atoms with Crippen molar-refractivity contribution in [3.05, 3.63) is 68.7 Å². The van der Waals surface area contributed by atoms with Crippen LogP contribution >= 0.6 is 11.6 Å². The quantitative estimate of drug-likeness (QED) is 0.557. The van der Waals surface area contributed by atoms with Gasteiger partial charge in [-0.05, 0) is 36.8 Å². The van der Waals surface area contributed by atoms with Gasteiger partial charge in [-0.1, -0.05) is 23.7 Å². The van der Waals surface area contributed by atoms with E-state index < -0.39 is 16.7 Å². The summed E-state index contributed by atoms with van der Waals surface area (Å²) in [5.41, 5.74) is 0.551. The van der Waals surface area contributed by atoms with Crippen LogP contribution in [0, 0.1) is 10.1 Å². The van der Waals surface area contributed by atoms with Crippen molar-refractivity contribution in [2.75, 3.05) is 13.7 Å². The van der Waals surface area contributed by atoms with Gasteiger partial charge in [-0.2, -0.15) is 0 Å². The third-order valence-electron chi connectivity index (χ3n) is 3.77. The molecule has 2 aromatic rings. The lowest BCUT2D eigenvalue weighted by molar-refractivity contribution is -0.385. The lowest BCUT2D eigenvalue weighted by atomic mass is 10.1. The Bertz CT molecular complexity index is 872. The van der Waals surface area contributed by atoms with Crippen molar-refractivity contribution < 1.29 is 19.2 Å². The summed E-state index contributed by atoms with van der Waals surface area (Å²) in [4.78, 5) is 34.6. The van der Waals surface area contributed by atoms with E-state index in [0.717, 1.165) is 11.6 Å². The Kier molecular flexibility index (Phi) is 6.73. The summed E-state index contributed by atoms with van der Waals surface area (Å²) in [5, 5.41) is 16.7. The van der Waals surface area contributed by atoms with Crippen molar-refractivity contribution in [1.29, 1.82) is 0 Å². The first-order chi connectivity index (χ1) is 12.8. The molecule has 0 bridgehead atoms. The predicted octanol–water partition coefficient (Wildman–Crippen LogP) is 2.86. The zero-order chi connectivity index (χ0) is 20.0. The predicted molar refractivity (Wildman–Crippen MR) is 100.0 cm³/mol. The summed E-state index contributed by atoms with van der Waals surface area (Å²) in [6.45, 7) is 1.52. The average Bonchev–Trinajstić information content (AvgIpc) is 2.65. The number of carbonyl (C=O) groups is 2. The van der Waals surface area contributed by atoms with E-state index in [1.54, 1.807) is 25.1 Å². The number of amides is 2. The molecule has 0 saturated heterocycles. The summed E-state index contributed by atoms with van der Waals surface area (Å²) in [7, 11) is 1.30. The van der Waals surface area contributed by atoms with E-state index >= 15 is 0 Å². The lowest BCUT2D eigenvalue weighted by Crippen LogP contribution is -2.38. The number of ether oxygens (including phenoxy) is 1. The van der Waals surface area contributed by atoms with Gasteiger partial charge in [0.1, 0.15) is 0 Å². The van der Waals surface area contributed by atoms with Gasteiger partial charge in [-0.25, -0.2) is 0 Å². The van der Waals surface area contributed by atoms with Gasteiger partial charge in [0.05, 0.1) is 24.6 Å². The number of nitro groups is 1. The van der Waals surface area contributed by atoms with E-state index in [-0.39, 0.29) is 29.6 Å². The summed E-state index contributed by atoms with van der Waals surface area (Å²) in [6, 6.07) is 10.6. The van der Waals surface area contributed by atoms with Gasteiger partial charge < -0.3 is 15.4 Å². The topological polar surface area (TPSA) is 111 Å². The highest BCUT2D eigenvalue weighted by molar-refractivity contribution is 6.30. The first-order valence-electron chi connectivity index (χ1n) is 7.97. The number of rotatable bonds is 7. The van der Waals surface area contributed by atoms with E-state index in [0.29, 0.717) is 5.02 Å². The Morgan fingerprint density at radius 3 is 2.63 bits per heavy atom. The van der Waals surface area contributed by atoms with Crippen LogP contribution in [0.4, 0.5) is 5.69 Å². The fraction of sp³-hybridized carbons (Fsp3) is 0.222. The number of nitrogens with one attached hydrogen (secondary N) is 2. The van der Waals surface area contributed by atoms with Gasteiger partial charge in [0, 0.05) is 16.7 Å². The van der Waals surface area contributed by atoms with Crippen molar-refractivity contribution >= 4 is 29.1 Å². The molecule has 0 saturated carbocycles. The highest BCUT2D eigenvalue weighted by Crippen LogP contribution is 2.27. The monoisotopic (exact) mass is 391 g/mol. The molecule has 0 aliphatic heterocycles. The van der Waals surface area contributed by atoms with Crippen LogP contribution in [0.5, 0.6) is 5.75 Å². The highest BCUT2D eigenvalue weighted by atomic mass is 35.5. The Morgan fingerprint density at radius 2 is 2.00 bits per heavy atom. The van der Waals surface area contributed by atoms with Crippen LogP contribution in [0.15, 0.2) is 42.5 Å². The number of carbonyl (C=O) groups excluding carboxylic acids is 2. The molecular formula is C18H18ClN3O5. The highest BCUT2D eigenvalue weighted by Gasteiger charge is 2.19. The molecule has 0 aliphatic carbocycles. The molecule has 0 heterocycles. The number of nitro benzene ring substituents is 1. The Morgan fingerprint density at radius 1 is 1.26 bits per heavy atom. The molecule has 0 spiro atoms. The van der Waals surface area contributed by atoms with Crippen molar-refractivity contribution in [2.45, 2.75) is 13.0 Å². The minimum Gasteiger partial charge on any atom is -0.490 e. The van der Waals surface area contributed by atoms with Crippen LogP contribution in [0.2, 0.25) is 5.02 Å². The minimum atomic E-state index is -0.644. The molecule has 2 aromatic carbocycles. The van der Waals surface area contributed by atoms with Gasteiger partial charge in [-0.15, -0.1) is 0 Å². The van der Waals surface area contributed by atoms with Crippen LogP contribution in [0.1, 0.15) is 28.9 Å². The molecule has 2 amide bonds. The number of benzene rings is 2. The van der Waals surface area contributed by atoms with Crippen molar-refractivity contribution in [3.63, 3.8) is 0 Å². The van der Waals surface area contributed by atoms with Crippen molar-refractivity contribution in [3.8, 4) is 5.75 Å². The molecule has 0 aliphatic rings. The Labute approximate surface area is 160 Å². The molecule has 1 atom stereocenters. The molecule has 142 valence electrons. The molecule has 0 radical (unpaired) electrons. The lowest BCUT2D eigenvalue weighted by Gasteiger charge is -2.15. The smallest absolute Gasteiger partial charge is 0.311 e. The van der Waals surface area contributed by atoms with Gasteiger partial charge in [-0.3, -0.25) is 19.7 Å². The normalized spacial score (nSPS) is 11.4. The second-order valence-electron chi connectivity index (χ2n) is 5.67. The van der Waals surface area contributed by atoms with Gasteiger partial charge >= 0.3 is 5.69 Å². The Hall–Kier alpha value is -3.13. The number of methoxy groups -OCH3 is 1. The fourth-order valence-corrected chi connectivity index (χ4v) is 2.59. The maximum atomic E-state index is 12.2. The number of hydrogen-bond acceptors (Lipinski definition) is 5. The number of nitrogens with zero attached hydrogens (tertiary/aromatic N) is 1. The summed E-state index contributed by atoms with van der Waals surface area (Å²) in [5.74, 6) is -0.963. The maximum Gasteiger partial charge on any atom is 0.311 e. The molecule has 0 unspecified atom stereocenters. The molecule has 2 rings (SSSR count). The standard InChI is InChI=1S/C18H18ClN3O5/c1-11(12-4-3-5-14(19)8-12)21-17(23)10-20-18(24)13-6-7-16(27-2)15(9-13)22(25)26/h3-9,11H,10H2,1-2H3,(H,20,24)(H,21,23)/t11-/m1/s1. The first-order valence-corrected chi connectivity index (χ1v) is 8.35. The average molecular weight is 392 g/mol. The van der Waals surface area contributed by atoms with Crippen LogP contribution in [0.3, 0.4) is 0 Å². The fourth-order valence-electron chi connectivity index (χ4n) is 2.39. The second kappa shape index (κ2) is 9.00. The molecule has 0 fully saturated rings. The van der Waals surface area contributed by atoms with Crippen molar-refractivity contribution in [1.82, 2.24) is 10.6 Å². The van der Waals surface area contributed by atoms with Gasteiger partial charge in [0.2, 0.25) is 5.91 Å². The number of halogens is 1. The minimum absolute atomic E-state index is 0.0460. The summed E-state index contributed by atoms with van der Waals surface area (Å²) >= 11 is 5.93. The molecule has 8 nitrogen and oxygen atoms in total. The van der Waals surface area contributed by atoms with Crippen LogP contribution in [-0.2, 0) is 4.79 Å². The third kappa shape index (κ3) is 5.42. The maximum absolute atomic E-state index is 12.2. The molecular weight excluding hydrogens is 374 g/mol. The van der Waals surface area contributed by atoms with E-state index in [2.05, 4.69) is 10.6 Å². The zero-order valence-corrected chi connectivity index (χ0v) is 15.4. The van der Waals surface area contributed by atoms with Gasteiger partial charge in [0.25, 0.3) is 5.91 Å². The second-order valence-corrected chi connectivity index (χ2v) is 6.11. The first kappa shape index (κ1) is 20.2. The molecule has 27 heavy (non-hydrogen) atoms.